The molecule has 2 heterocycles. The third kappa shape index (κ3) is 4.75. The predicted octanol–water partition coefficient (Wildman–Crippen LogP) is 1.86. The highest BCUT2D eigenvalue weighted by molar-refractivity contribution is 9.10. The van der Waals surface area contributed by atoms with Crippen molar-refractivity contribution in [2.75, 3.05) is 7.05 Å². The molecule has 9 nitrogen and oxygen atoms in total. The minimum atomic E-state index is -0.793. The molecule has 1 spiro atoms. The lowest BCUT2D eigenvalue weighted by molar-refractivity contribution is -0.139. The van der Waals surface area contributed by atoms with Crippen LogP contribution in [0.2, 0.25) is 0 Å². The number of carbonyl (C=O) groups excluding carboxylic acids is 3. The highest BCUT2D eigenvalue weighted by atomic mass is 79.9. The van der Waals surface area contributed by atoms with E-state index in [0.29, 0.717) is 24.5 Å². The maximum Gasteiger partial charge on any atom is 0.428 e. The summed E-state index contributed by atoms with van der Waals surface area (Å²) in [5, 5.41) is 9.32. The Labute approximate surface area is 177 Å². The van der Waals surface area contributed by atoms with E-state index in [-0.39, 0.29) is 6.04 Å². The number of rotatable bonds is 4. The highest BCUT2D eigenvalue weighted by Crippen LogP contribution is 2.41. The molecule has 2 aliphatic rings. The van der Waals surface area contributed by atoms with Crippen LogP contribution in [0.1, 0.15) is 44.6 Å². The number of nitrogens with one attached hydrogen (secondary N) is 3. The fourth-order valence-corrected chi connectivity index (χ4v) is 4.40. The number of ether oxygens (including phenoxy) is 1. The minimum Gasteiger partial charge on any atom is -0.435 e. The Morgan fingerprint density at radius 3 is 2.76 bits per heavy atom. The second-order valence-electron chi connectivity index (χ2n) is 7.44. The molecule has 10 heteroatoms. The van der Waals surface area contributed by atoms with E-state index in [0.717, 1.165) is 29.3 Å². The summed E-state index contributed by atoms with van der Waals surface area (Å²) in [5.74, 6) is -0.938. The molecule has 1 aromatic rings. The van der Waals surface area contributed by atoms with E-state index < -0.39 is 23.5 Å². The normalized spacial score (nSPS) is 24.7. The van der Waals surface area contributed by atoms with Crippen LogP contribution in [0.3, 0.4) is 0 Å². The summed E-state index contributed by atoms with van der Waals surface area (Å²) in [7, 11) is 1.42. The number of likely N-dealkylation sites (N-methyl/N-ethyl adjacent to an activating group) is 1. The zero-order valence-corrected chi connectivity index (χ0v) is 17.9. The van der Waals surface area contributed by atoms with Gasteiger partial charge >= 0.3 is 17.9 Å². The predicted molar refractivity (Wildman–Crippen MR) is 109 cm³/mol. The Morgan fingerprint density at radius 2 is 2.10 bits per heavy atom. The number of hydrogen-bond acceptors (Lipinski definition) is 6. The van der Waals surface area contributed by atoms with Gasteiger partial charge in [0.2, 0.25) is 0 Å². The molecule has 3 N–H and O–H groups in total. The van der Waals surface area contributed by atoms with Crippen molar-refractivity contribution in [2.24, 2.45) is 11.0 Å². The average Bonchev–Trinajstić information content (AvgIpc) is 2.70. The van der Waals surface area contributed by atoms with Gasteiger partial charge in [-0.3, -0.25) is 14.6 Å². The van der Waals surface area contributed by atoms with E-state index in [4.69, 9.17) is 4.74 Å². The largest absolute Gasteiger partial charge is 0.435 e. The first-order valence-corrected chi connectivity index (χ1v) is 10.3. The van der Waals surface area contributed by atoms with Crippen molar-refractivity contribution in [2.45, 2.75) is 50.7 Å². The van der Waals surface area contributed by atoms with E-state index in [1.165, 1.54) is 7.05 Å². The topological polar surface area (TPSA) is 122 Å². The molecule has 0 saturated heterocycles. The molecule has 3 amide bonds. The van der Waals surface area contributed by atoms with E-state index in [2.05, 4.69) is 42.1 Å². The van der Waals surface area contributed by atoms with Gasteiger partial charge in [0.15, 0.2) is 5.60 Å². The molecule has 1 aromatic heterocycles. The fourth-order valence-electron chi connectivity index (χ4n) is 3.99. The Morgan fingerprint density at radius 1 is 1.38 bits per heavy atom. The molecule has 1 saturated carbocycles. The van der Waals surface area contributed by atoms with E-state index in [9.17, 15) is 14.4 Å². The van der Waals surface area contributed by atoms with Crippen molar-refractivity contribution in [3.05, 3.63) is 28.5 Å². The number of carbonyl (C=O) groups is 3. The second kappa shape index (κ2) is 8.89. The van der Waals surface area contributed by atoms with E-state index >= 15 is 0 Å². The standard InChI is InChI=1S/C19H24BrN5O4/c1-11(23-17(27)16(26)21-2)9-12-3-6-19(7-4-12)15(24-25-18(28)29-19)13-10-22-8-5-14(13)20/h5,8,10-12H,3-4,6-7,9H2,1-2H3,(H,21,26)(H,23,27)(H,25,28)/t11-,12?,19?/m0/s1. The summed E-state index contributed by atoms with van der Waals surface area (Å²) in [6, 6.07) is 1.69. The highest BCUT2D eigenvalue weighted by Gasteiger charge is 2.46. The Balaban J connectivity index is 1.67. The fraction of sp³-hybridized carbons (Fsp3) is 0.526. The smallest absolute Gasteiger partial charge is 0.428 e. The molecule has 1 atom stereocenters. The molecule has 1 fully saturated rings. The van der Waals surface area contributed by atoms with Gasteiger partial charge < -0.3 is 15.4 Å². The second-order valence-corrected chi connectivity index (χ2v) is 8.30. The van der Waals surface area contributed by atoms with Gasteiger partial charge in [-0.1, -0.05) is 0 Å². The van der Waals surface area contributed by atoms with Crippen LogP contribution in [-0.4, -0.2) is 47.3 Å². The van der Waals surface area contributed by atoms with Crippen LogP contribution in [0.4, 0.5) is 4.79 Å². The molecular formula is C19H24BrN5O4. The van der Waals surface area contributed by atoms with Gasteiger partial charge in [0.05, 0.1) is 0 Å². The van der Waals surface area contributed by atoms with Crippen molar-refractivity contribution in [3.63, 3.8) is 0 Å². The van der Waals surface area contributed by atoms with Gasteiger partial charge in [-0.2, -0.15) is 5.10 Å². The van der Waals surface area contributed by atoms with Crippen molar-refractivity contribution < 1.29 is 19.1 Å². The van der Waals surface area contributed by atoms with Crippen molar-refractivity contribution in [1.82, 2.24) is 21.0 Å². The molecule has 3 rings (SSSR count). The molecule has 0 unspecified atom stereocenters. The summed E-state index contributed by atoms with van der Waals surface area (Å²) in [6.07, 6.45) is 6.44. The number of pyridine rings is 1. The number of amides is 3. The summed E-state index contributed by atoms with van der Waals surface area (Å²) in [4.78, 5) is 39.2. The monoisotopic (exact) mass is 465 g/mol. The minimum absolute atomic E-state index is 0.130. The number of nitrogens with zero attached hydrogens (tertiary/aromatic N) is 2. The molecular weight excluding hydrogens is 442 g/mol. The van der Waals surface area contributed by atoms with Gasteiger partial charge in [0, 0.05) is 35.5 Å². The molecule has 1 aliphatic carbocycles. The lowest BCUT2D eigenvalue weighted by atomic mass is 9.73. The quantitative estimate of drug-likeness (QED) is 0.585. The molecule has 0 radical (unpaired) electrons. The number of aromatic nitrogens is 1. The number of halogens is 1. The van der Waals surface area contributed by atoms with Gasteiger partial charge in [-0.05, 0) is 66.9 Å². The first-order chi connectivity index (χ1) is 13.8. The summed E-state index contributed by atoms with van der Waals surface area (Å²) in [5.41, 5.74) is 3.06. The lowest BCUT2D eigenvalue weighted by Crippen LogP contribution is -2.52. The first-order valence-electron chi connectivity index (χ1n) is 9.54. The van der Waals surface area contributed by atoms with E-state index in [1.807, 2.05) is 13.0 Å². The van der Waals surface area contributed by atoms with Crippen LogP contribution in [-0.2, 0) is 14.3 Å². The molecule has 156 valence electrons. The van der Waals surface area contributed by atoms with Gasteiger partial charge in [0.25, 0.3) is 0 Å². The third-order valence-electron chi connectivity index (χ3n) is 5.41. The average molecular weight is 466 g/mol. The molecule has 29 heavy (non-hydrogen) atoms. The lowest BCUT2D eigenvalue weighted by Gasteiger charge is -2.42. The number of hydrogen-bond donors (Lipinski definition) is 3. The zero-order valence-electron chi connectivity index (χ0n) is 16.3. The van der Waals surface area contributed by atoms with Crippen LogP contribution in [0.5, 0.6) is 0 Å². The van der Waals surface area contributed by atoms with Crippen molar-refractivity contribution >= 4 is 39.5 Å². The molecule has 0 bridgehead atoms. The summed E-state index contributed by atoms with van der Waals surface area (Å²) in [6.45, 7) is 1.88. The summed E-state index contributed by atoms with van der Waals surface area (Å²) >= 11 is 3.52. The summed E-state index contributed by atoms with van der Waals surface area (Å²) < 4.78 is 6.58. The van der Waals surface area contributed by atoms with Crippen LogP contribution in [0.15, 0.2) is 28.0 Å². The maximum atomic E-state index is 11.9. The van der Waals surface area contributed by atoms with Crippen molar-refractivity contribution in [3.8, 4) is 0 Å². The first kappa shape index (κ1) is 21.2. The van der Waals surface area contributed by atoms with Gasteiger partial charge in [0.1, 0.15) is 5.71 Å². The third-order valence-corrected chi connectivity index (χ3v) is 6.10. The molecule has 1 aliphatic heterocycles. The Hall–Kier alpha value is -2.49. The van der Waals surface area contributed by atoms with Crippen LogP contribution in [0, 0.1) is 5.92 Å². The van der Waals surface area contributed by atoms with Crippen molar-refractivity contribution in [1.29, 1.82) is 0 Å². The number of hydrazone groups is 1. The van der Waals surface area contributed by atoms with Crippen LogP contribution in [0.25, 0.3) is 0 Å². The SMILES string of the molecule is CNC(=O)C(=O)N[C@@H](C)CC1CCC2(CC1)OC(=O)NN=C2c1cnccc1Br. The van der Waals surface area contributed by atoms with Crippen LogP contribution >= 0.6 is 15.9 Å². The molecule has 0 aromatic carbocycles. The van der Waals surface area contributed by atoms with E-state index in [1.54, 1.807) is 12.4 Å². The Kier molecular flexibility index (Phi) is 6.51. The van der Waals surface area contributed by atoms with Crippen LogP contribution < -0.4 is 16.1 Å². The van der Waals surface area contributed by atoms with Gasteiger partial charge in [-0.25, -0.2) is 10.2 Å². The Bertz CT molecular complexity index is 836. The zero-order chi connectivity index (χ0) is 21.0. The van der Waals surface area contributed by atoms with Gasteiger partial charge in [-0.15, -0.1) is 0 Å². The maximum absolute atomic E-state index is 11.9.